The Balaban J connectivity index is 1.09. The molecule has 55 heavy (non-hydrogen) atoms. The highest BCUT2D eigenvalue weighted by atomic mass is 19.4. The number of carbonyl (C=O) groups excluding carboxylic acids is 1. The minimum atomic E-state index is -5.82. The van der Waals surface area contributed by atoms with Crippen LogP contribution in [-0.4, -0.2) is 64.8 Å². The van der Waals surface area contributed by atoms with E-state index in [1.165, 1.54) is 12.1 Å². The van der Waals surface area contributed by atoms with Crippen molar-refractivity contribution in [2.24, 2.45) is 10.8 Å². The maximum atomic E-state index is 14.7. The van der Waals surface area contributed by atoms with Crippen LogP contribution in [0.1, 0.15) is 48.2 Å². The van der Waals surface area contributed by atoms with Crippen LogP contribution >= 0.6 is 0 Å². The molecule has 0 aromatic heterocycles. The largest absolute Gasteiger partial charge is 0.493 e. The zero-order chi connectivity index (χ0) is 39.3. The normalized spacial score (nSPS) is 16.3. The first-order valence-electron chi connectivity index (χ1n) is 17.7. The van der Waals surface area contributed by atoms with Gasteiger partial charge < -0.3 is 33.2 Å². The molecule has 2 saturated heterocycles. The number of alkyl halides is 6. The molecule has 0 atom stereocenters. The summed E-state index contributed by atoms with van der Waals surface area (Å²) in [5.41, 5.74) is -6.56. The third-order valence-corrected chi connectivity index (χ3v) is 10.2. The van der Waals surface area contributed by atoms with Crippen molar-refractivity contribution in [3.8, 4) is 28.7 Å². The Bertz CT molecular complexity index is 1840. The van der Waals surface area contributed by atoms with Crippen LogP contribution in [0.4, 0.5) is 26.3 Å². The van der Waals surface area contributed by atoms with Crippen molar-refractivity contribution in [1.82, 2.24) is 0 Å². The molecule has 2 aliphatic rings. The van der Waals surface area contributed by atoms with E-state index in [9.17, 15) is 31.1 Å². The van der Waals surface area contributed by atoms with Gasteiger partial charge in [0.05, 0.1) is 56.0 Å². The van der Waals surface area contributed by atoms with Crippen molar-refractivity contribution in [2.75, 3.05) is 46.4 Å². The van der Waals surface area contributed by atoms with Crippen LogP contribution in [0.5, 0.6) is 28.7 Å². The molecule has 2 aliphatic heterocycles. The number of esters is 1. The number of carbonyl (C=O) groups is 1. The summed E-state index contributed by atoms with van der Waals surface area (Å²) < 4.78 is 127. The van der Waals surface area contributed by atoms with E-state index in [4.69, 9.17) is 33.2 Å². The third kappa shape index (κ3) is 8.50. The van der Waals surface area contributed by atoms with Gasteiger partial charge in [-0.2, -0.15) is 26.3 Å². The van der Waals surface area contributed by atoms with Gasteiger partial charge in [-0.1, -0.05) is 38.1 Å². The van der Waals surface area contributed by atoms with Gasteiger partial charge in [-0.25, -0.2) is 4.79 Å². The molecule has 4 aromatic rings. The topological polar surface area (TPSA) is 81.7 Å². The highest BCUT2D eigenvalue weighted by molar-refractivity contribution is 5.91. The Morgan fingerprint density at radius 1 is 0.545 bits per heavy atom. The van der Waals surface area contributed by atoms with Crippen LogP contribution in [0, 0.1) is 10.8 Å². The van der Waals surface area contributed by atoms with Crippen molar-refractivity contribution in [2.45, 2.75) is 44.5 Å². The maximum absolute atomic E-state index is 14.7. The number of hydrogen-bond donors (Lipinski definition) is 0. The first-order valence-corrected chi connectivity index (χ1v) is 17.7. The molecule has 0 bridgehead atoms. The van der Waals surface area contributed by atoms with Crippen LogP contribution in [0.2, 0.25) is 0 Å². The Morgan fingerprint density at radius 3 is 1.24 bits per heavy atom. The van der Waals surface area contributed by atoms with Crippen LogP contribution in [-0.2, 0) is 14.9 Å². The minimum Gasteiger partial charge on any atom is -0.493 e. The van der Waals surface area contributed by atoms with E-state index in [0.29, 0.717) is 81.2 Å². The van der Waals surface area contributed by atoms with E-state index in [1.54, 1.807) is 36.4 Å². The molecule has 4 aromatic carbocycles. The average Bonchev–Trinajstić information content (AvgIpc) is 3.12. The fraction of sp³-hybridized carbons (Fsp3) is 0.390. The summed E-state index contributed by atoms with van der Waals surface area (Å²) in [4.78, 5) is 12.8. The predicted molar refractivity (Wildman–Crippen MR) is 188 cm³/mol. The van der Waals surface area contributed by atoms with E-state index in [0.717, 1.165) is 37.1 Å². The molecular formula is C41H40F6O8. The lowest BCUT2D eigenvalue weighted by Gasteiger charge is -2.40. The molecule has 0 radical (unpaired) electrons. The lowest BCUT2D eigenvalue weighted by atomic mass is 9.73. The molecule has 0 N–H and O–H groups in total. The quantitative estimate of drug-likeness (QED) is 0.0483. The van der Waals surface area contributed by atoms with Crippen LogP contribution in [0.15, 0.2) is 97.1 Å². The average molecular weight is 775 g/mol. The minimum absolute atomic E-state index is 0.00880. The van der Waals surface area contributed by atoms with E-state index in [2.05, 4.69) is 6.92 Å². The summed E-state index contributed by atoms with van der Waals surface area (Å²) >= 11 is 0. The Hall–Kier alpha value is -4.95. The molecule has 8 nitrogen and oxygen atoms in total. The van der Waals surface area contributed by atoms with Gasteiger partial charge in [0, 0.05) is 0 Å². The Kier molecular flexibility index (Phi) is 11.6. The van der Waals surface area contributed by atoms with E-state index < -0.39 is 34.9 Å². The van der Waals surface area contributed by atoms with Gasteiger partial charge in [-0.3, -0.25) is 0 Å². The van der Waals surface area contributed by atoms with Gasteiger partial charge >= 0.3 is 18.3 Å². The lowest BCUT2D eigenvalue weighted by Crippen LogP contribution is -2.54. The van der Waals surface area contributed by atoms with Gasteiger partial charge in [-0.15, -0.1) is 0 Å². The van der Waals surface area contributed by atoms with Gasteiger partial charge in [0.1, 0.15) is 28.7 Å². The monoisotopic (exact) mass is 774 g/mol. The summed E-state index contributed by atoms with van der Waals surface area (Å²) in [6.07, 6.45) is -9.83. The fourth-order valence-corrected chi connectivity index (χ4v) is 6.24. The van der Waals surface area contributed by atoms with Crippen molar-refractivity contribution in [3.63, 3.8) is 0 Å². The molecular weight excluding hydrogens is 734 g/mol. The molecule has 0 saturated carbocycles. The Labute approximate surface area is 314 Å². The second-order valence-corrected chi connectivity index (χ2v) is 13.9. The SMILES string of the molecule is CCC1(COc2ccc(OCOc3ccc(C(c4ccc(OC(=O)c5ccc(OCC6(CC)COC6)cc5)cc4)(C(F)(F)F)C(F)(F)F)cc3)cc2)COC1. The molecule has 2 fully saturated rings. The number of rotatable bonds is 16. The fourth-order valence-electron chi connectivity index (χ4n) is 6.24. The zero-order valence-corrected chi connectivity index (χ0v) is 30.1. The standard InChI is InChI=1S/C41H40F6O8/c1-3-37(21-49-22-37)25-51-31-11-5-28(6-12-31)36(48)55-35-15-9-30(10-16-35)39(40(42,43)44,41(45,46)47)29-7-13-33(14-8-29)53-27-54-34-19-17-32(18-20-34)52-26-38(4-2)23-50-24-38/h5-20H,3-4,21-27H2,1-2H3. The van der Waals surface area contributed by atoms with Crippen molar-refractivity contribution < 1.29 is 64.3 Å². The molecule has 2 heterocycles. The van der Waals surface area contributed by atoms with Crippen LogP contribution < -0.4 is 23.7 Å². The Morgan fingerprint density at radius 2 is 0.891 bits per heavy atom. The summed E-state index contributed by atoms with van der Waals surface area (Å²) in [5.74, 6) is 0.421. The van der Waals surface area contributed by atoms with Gasteiger partial charge in [-0.05, 0) is 96.8 Å². The second-order valence-electron chi connectivity index (χ2n) is 13.9. The summed E-state index contributed by atoms with van der Waals surface area (Å²) in [6.45, 7) is 7.19. The summed E-state index contributed by atoms with van der Waals surface area (Å²) in [7, 11) is 0. The first kappa shape index (κ1) is 39.7. The highest BCUT2D eigenvalue weighted by Gasteiger charge is 2.72. The number of benzene rings is 4. The molecule has 6 rings (SSSR count). The molecule has 294 valence electrons. The maximum Gasteiger partial charge on any atom is 0.411 e. The number of hydrogen-bond acceptors (Lipinski definition) is 8. The third-order valence-electron chi connectivity index (χ3n) is 10.2. The lowest BCUT2D eigenvalue weighted by molar-refractivity contribution is -0.288. The van der Waals surface area contributed by atoms with Crippen LogP contribution in [0.3, 0.4) is 0 Å². The van der Waals surface area contributed by atoms with E-state index in [-0.39, 0.29) is 34.7 Å². The molecule has 0 spiro atoms. The van der Waals surface area contributed by atoms with Gasteiger partial charge in [0.15, 0.2) is 0 Å². The van der Waals surface area contributed by atoms with Crippen molar-refractivity contribution >= 4 is 5.97 Å². The predicted octanol–water partition coefficient (Wildman–Crippen LogP) is 9.34. The van der Waals surface area contributed by atoms with Crippen molar-refractivity contribution in [3.05, 3.63) is 114 Å². The van der Waals surface area contributed by atoms with Gasteiger partial charge in [0.25, 0.3) is 0 Å². The molecule has 0 unspecified atom stereocenters. The number of ether oxygens (including phenoxy) is 7. The zero-order valence-electron chi connectivity index (χ0n) is 30.1. The summed E-state index contributed by atoms with van der Waals surface area (Å²) in [6, 6.07) is 19.2. The molecule has 14 heteroatoms. The summed E-state index contributed by atoms with van der Waals surface area (Å²) in [5, 5.41) is 0. The van der Waals surface area contributed by atoms with Gasteiger partial charge in [0.2, 0.25) is 12.2 Å². The smallest absolute Gasteiger partial charge is 0.411 e. The number of halogens is 6. The van der Waals surface area contributed by atoms with E-state index >= 15 is 0 Å². The molecule has 0 aliphatic carbocycles. The highest BCUT2D eigenvalue weighted by Crippen LogP contribution is 2.56. The first-order chi connectivity index (χ1) is 26.2. The molecule has 0 amide bonds. The second kappa shape index (κ2) is 16.0. The van der Waals surface area contributed by atoms with Crippen molar-refractivity contribution in [1.29, 1.82) is 0 Å². The van der Waals surface area contributed by atoms with Crippen LogP contribution in [0.25, 0.3) is 0 Å². The van der Waals surface area contributed by atoms with E-state index in [1.807, 2.05) is 6.92 Å².